The number of hydrogen-bond donors (Lipinski definition) is 2. The zero-order chi connectivity index (χ0) is 23.7. The second-order valence-corrected chi connectivity index (χ2v) is 9.24. The summed E-state index contributed by atoms with van der Waals surface area (Å²) in [6.45, 7) is 11.6. The number of hydrogen-bond acceptors (Lipinski definition) is 8. The van der Waals surface area contributed by atoms with E-state index in [-0.39, 0.29) is 0 Å². The van der Waals surface area contributed by atoms with E-state index in [1.165, 1.54) is 0 Å². The fraction of sp³-hybridized carbons (Fsp3) is 0.609. The van der Waals surface area contributed by atoms with E-state index in [0.29, 0.717) is 36.2 Å². The smallest absolute Gasteiger partial charge is 0.407 e. The Balaban J connectivity index is 1.44. The molecule has 0 spiro atoms. The van der Waals surface area contributed by atoms with Crippen molar-refractivity contribution in [2.45, 2.75) is 39.2 Å². The first kappa shape index (κ1) is 25.3. The molecular weight excluding hydrogens is 446 g/mol. The number of unbranched alkanes of at least 4 members (excludes halogenated alkanes) is 1. The van der Waals surface area contributed by atoms with Crippen LogP contribution in [0.4, 0.5) is 10.6 Å². The number of fused-ring (bicyclic) bond motifs is 1. The first-order valence-corrected chi connectivity index (χ1v) is 11.8. The molecule has 10 heteroatoms. The molecule has 2 N–H and O–H groups in total. The molecule has 0 atom stereocenters. The minimum atomic E-state index is -0.495. The Kier molecular flexibility index (Phi) is 9.34. The highest BCUT2D eigenvalue weighted by Gasteiger charge is 2.15. The fourth-order valence-electron chi connectivity index (χ4n) is 3.29. The second kappa shape index (κ2) is 12.2. The maximum Gasteiger partial charge on any atom is 0.407 e. The van der Waals surface area contributed by atoms with Crippen LogP contribution in [-0.2, 0) is 9.47 Å². The molecule has 1 aromatic heterocycles. The predicted molar refractivity (Wildman–Crippen MR) is 129 cm³/mol. The molecule has 0 saturated carbocycles. The summed E-state index contributed by atoms with van der Waals surface area (Å²) in [7, 11) is 0. The van der Waals surface area contributed by atoms with Crippen LogP contribution >= 0.6 is 11.6 Å². The van der Waals surface area contributed by atoms with Gasteiger partial charge in [0.1, 0.15) is 18.0 Å². The van der Waals surface area contributed by atoms with Crippen molar-refractivity contribution in [2.24, 2.45) is 0 Å². The topological polar surface area (TPSA) is 97.8 Å². The SMILES string of the molecule is CC(C)(C)OC(=O)NCCCCNc1nc2cc(OCCN3CCOCC3)ccc2nc1Cl. The average Bonchev–Trinajstić information content (AvgIpc) is 2.76. The highest BCUT2D eigenvalue weighted by molar-refractivity contribution is 6.32. The minimum absolute atomic E-state index is 0.329. The number of alkyl carbamates (subject to hydrolysis) is 1. The van der Waals surface area contributed by atoms with Crippen LogP contribution in [0.3, 0.4) is 0 Å². The van der Waals surface area contributed by atoms with E-state index in [1.54, 1.807) is 0 Å². The monoisotopic (exact) mass is 479 g/mol. The number of carbonyl (C=O) groups is 1. The van der Waals surface area contributed by atoms with Crippen LogP contribution in [0.5, 0.6) is 5.75 Å². The zero-order valence-electron chi connectivity index (χ0n) is 19.7. The quantitative estimate of drug-likeness (QED) is 0.498. The van der Waals surface area contributed by atoms with Gasteiger partial charge in [-0.2, -0.15) is 0 Å². The summed E-state index contributed by atoms with van der Waals surface area (Å²) in [6, 6.07) is 5.63. The number of halogens is 1. The first-order valence-electron chi connectivity index (χ1n) is 11.4. The van der Waals surface area contributed by atoms with E-state index < -0.39 is 11.7 Å². The number of rotatable bonds is 10. The van der Waals surface area contributed by atoms with E-state index in [4.69, 9.17) is 25.8 Å². The van der Waals surface area contributed by atoms with Crippen molar-refractivity contribution in [2.75, 3.05) is 57.9 Å². The minimum Gasteiger partial charge on any atom is -0.492 e. The Morgan fingerprint density at radius 3 is 2.67 bits per heavy atom. The third-order valence-corrected chi connectivity index (χ3v) is 5.20. The summed E-state index contributed by atoms with van der Waals surface area (Å²) >= 11 is 6.30. The summed E-state index contributed by atoms with van der Waals surface area (Å²) in [6.07, 6.45) is 1.23. The van der Waals surface area contributed by atoms with Crippen molar-refractivity contribution in [1.82, 2.24) is 20.2 Å². The molecule has 182 valence electrons. The molecule has 2 aromatic rings. The van der Waals surface area contributed by atoms with Crippen LogP contribution in [0.25, 0.3) is 11.0 Å². The molecular formula is C23H34ClN5O4. The van der Waals surface area contributed by atoms with Crippen molar-refractivity contribution >= 4 is 34.5 Å². The molecule has 1 amide bonds. The van der Waals surface area contributed by atoms with Crippen LogP contribution in [0.2, 0.25) is 5.15 Å². The van der Waals surface area contributed by atoms with Crippen molar-refractivity contribution in [3.05, 3.63) is 23.4 Å². The number of anilines is 1. The molecule has 33 heavy (non-hydrogen) atoms. The van der Waals surface area contributed by atoms with E-state index in [2.05, 4.69) is 25.5 Å². The Labute approximate surface area is 200 Å². The van der Waals surface area contributed by atoms with Crippen molar-refractivity contribution in [3.8, 4) is 5.75 Å². The number of ether oxygens (including phenoxy) is 3. The van der Waals surface area contributed by atoms with Crippen LogP contribution in [0.15, 0.2) is 18.2 Å². The number of morpholine rings is 1. The van der Waals surface area contributed by atoms with Gasteiger partial charge in [-0.1, -0.05) is 11.6 Å². The average molecular weight is 480 g/mol. The maximum atomic E-state index is 11.7. The van der Waals surface area contributed by atoms with Gasteiger partial charge < -0.3 is 24.8 Å². The Morgan fingerprint density at radius 2 is 1.91 bits per heavy atom. The third kappa shape index (κ3) is 8.83. The Bertz CT molecular complexity index is 916. The van der Waals surface area contributed by atoms with E-state index in [9.17, 15) is 4.79 Å². The molecule has 1 aliphatic heterocycles. The lowest BCUT2D eigenvalue weighted by molar-refractivity contribution is 0.0322. The van der Waals surface area contributed by atoms with Gasteiger partial charge in [0.2, 0.25) is 0 Å². The van der Waals surface area contributed by atoms with Crippen molar-refractivity contribution in [3.63, 3.8) is 0 Å². The molecule has 1 aromatic carbocycles. The van der Waals surface area contributed by atoms with Gasteiger partial charge >= 0.3 is 6.09 Å². The van der Waals surface area contributed by atoms with Crippen LogP contribution in [0, 0.1) is 0 Å². The second-order valence-electron chi connectivity index (χ2n) is 8.88. The number of aromatic nitrogens is 2. The summed E-state index contributed by atoms with van der Waals surface area (Å²) < 4.78 is 16.5. The molecule has 1 saturated heterocycles. The number of amides is 1. The number of carbonyl (C=O) groups excluding carboxylic acids is 1. The standard InChI is InChI=1S/C23H34ClN5O4/c1-23(2,3)33-22(30)26-9-5-4-8-25-21-20(24)27-18-7-6-17(16-19(18)28-21)32-15-12-29-10-13-31-14-11-29/h6-7,16H,4-5,8-15H2,1-3H3,(H,25,28)(H,26,30). The van der Waals surface area contributed by atoms with Crippen LogP contribution < -0.4 is 15.4 Å². The zero-order valence-corrected chi connectivity index (χ0v) is 20.4. The largest absolute Gasteiger partial charge is 0.492 e. The fourth-order valence-corrected chi connectivity index (χ4v) is 3.49. The lowest BCUT2D eigenvalue weighted by atomic mass is 10.2. The summed E-state index contributed by atoms with van der Waals surface area (Å²) in [5.41, 5.74) is 0.940. The summed E-state index contributed by atoms with van der Waals surface area (Å²) in [5, 5.41) is 6.31. The van der Waals surface area contributed by atoms with Gasteiger partial charge in [0, 0.05) is 38.8 Å². The Morgan fingerprint density at radius 1 is 1.15 bits per heavy atom. The van der Waals surface area contributed by atoms with Gasteiger partial charge in [0.05, 0.1) is 24.2 Å². The molecule has 9 nitrogen and oxygen atoms in total. The van der Waals surface area contributed by atoms with Crippen molar-refractivity contribution in [1.29, 1.82) is 0 Å². The highest BCUT2D eigenvalue weighted by atomic mass is 35.5. The van der Waals surface area contributed by atoms with Crippen LogP contribution in [0.1, 0.15) is 33.6 Å². The van der Waals surface area contributed by atoms with Gasteiger partial charge in [-0.15, -0.1) is 0 Å². The normalized spacial score (nSPS) is 14.8. The summed E-state index contributed by atoms with van der Waals surface area (Å²) in [5.74, 6) is 1.29. The predicted octanol–water partition coefficient (Wildman–Crippen LogP) is 3.71. The number of nitrogens with zero attached hydrogens (tertiary/aromatic N) is 3. The van der Waals surface area contributed by atoms with Crippen LogP contribution in [-0.4, -0.2) is 79.1 Å². The lowest BCUT2D eigenvalue weighted by Crippen LogP contribution is -2.38. The molecule has 1 fully saturated rings. The number of benzene rings is 1. The molecule has 0 bridgehead atoms. The number of nitrogens with one attached hydrogen (secondary N) is 2. The summed E-state index contributed by atoms with van der Waals surface area (Å²) in [4.78, 5) is 23.0. The molecule has 1 aliphatic rings. The molecule has 0 radical (unpaired) electrons. The third-order valence-electron chi connectivity index (χ3n) is 4.94. The molecule has 0 aliphatic carbocycles. The van der Waals surface area contributed by atoms with Crippen molar-refractivity contribution < 1.29 is 19.0 Å². The van der Waals surface area contributed by atoms with E-state index in [0.717, 1.165) is 57.0 Å². The van der Waals surface area contributed by atoms with Gasteiger partial charge in [0.15, 0.2) is 11.0 Å². The highest BCUT2D eigenvalue weighted by Crippen LogP contribution is 2.24. The van der Waals surface area contributed by atoms with E-state index in [1.807, 2.05) is 39.0 Å². The molecule has 0 unspecified atom stereocenters. The van der Waals surface area contributed by atoms with Gasteiger partial charge in [-0.25, -0.2) is 14.8 Å². The molecule has 3 rings (SSSR count). The van der Waals surface area contributed by atoms with Gasteiger partial charge in [-0.05, 0) is 45.7 Å². The van der Waals surface area contributed by atoms with Gasteiger partial charge in [0.25, 0.3) is 0 Å². The van der Waals surface area contributed by atoms with E-state index >= 15 is 0 Å². The lowest BCUT2D eigenvalue weighted by Gasteiger charge is -2.26. The Hall–Kier alpha value is -2.36. The maximum absolute atomic E-state index is 11.7. The van der Waals surface area contributed by atoms with Gasteiger partial charge in [-0.3, -0.25) is 4.90 Å². The first-order chi connectivity index (χ1) is 15.8. The molecule has 2 heterocycles.